The van der Waals surface area contributed by atoms with Gasteiger partial charge in [0.2, 0.25) is 5.91 Å². The van der Waals surface area contributed by atoms with Crippen molar-refractivity contribution in [1.82, 2.24) is 5.32 Å². The van der Waals surface area contributed by atoms with Crippen LogP contribution in [0.15, 0.2) is 47.1 Å². The largest absolute Gasteiger partial charge is 0.467 e. The molecule has 0 aliphatic rings. The van der Waals surface area contributed by atoms with Crippen LogP contribution < -0.4 is 10.6 Å². The average Bonchev–Trinajstić information content (AvgIpc) is 3.07. The predicted octanol–water partition coefficient (Wildman–Crippen LogP) is 3.02. The molecule has 1 atom stereocenters. The summed E-state index contributed by atoms with van der Waals surface area (Å²) in [6.45, 7) is 5.44. The average molecular weight is 360 g/mol. The Hall–Kier alpha value is -2.80. The predicted molar refractivity (Wildman–Crippen MR) is 96.7 cm³/mol. The second-order valence-electron chi connectivity index (χ2n) is 6.84. The molecule has 1 unspecified atom stereocenters. The molecule has 1 aromatic heterocycles. The monoisotopic (exact) mass is 360 g/mol. The van der Waals surface area contributed by atoms with E-state index < -0.39 is 17.8 Å². The quantitative estimate of drug-likeness (QED) is 0.735. The van der Waals surface area contributed by atoms with Gasteiger partial charge in [0.15, 0.2) is 0 Å². The van der Waals surface area contributed by atoms with Crippen molar-refractivity contribution >= 4 is 17.7 Å². The molecule has 0 spiro atoms. The molecule has 0 bridgehead atoms. The number of carbonyl (C=O) groups is 2. The van der Waals surface area contributed by atoms with Crippen LogP contribution in [0.4, 0.5) is 10.5 Å². The number of ether oxygens (including phenoxy) is 1. The standard InChI is InChI=1S/C19H24N2O5/c1-19(2,3)26-18(24)21-14-8-6-13(7-9-14)11-17(23)20-12-15(22)16-5-4-10-25-16/h4-10,15,22H,11-12H2,1-3H3,(H,20,23)(H,21,24). The third kappa shape index (κ3) is 6.60. The van der Waals surface area contributed by atoms with Crippen molar-refractivity contribution in [3.63, 3.8) is 0 Å². The van der Waals surface area contributed by atoms with Crippen LogP contribution in [0, 0.1) is 0 Å². The van der Waals surface area contributed by atoms with Crippen molar-refractivity contribution in [1.29, 1.82) is 0 Å². The van der Waals surface area contributed by atoms with Crippen LogP contribution in [-0.4, -0.2) is 29.3 Å². The zero-order chi connectivity index (χ0) is 19.2. The number of hydrogen-bond donors (Lipinski definition) is 3. The van der Waals surface area contributed by atoms with Gasteiger partial charge in [0, 0.05) is 5.69 Å². The maximum Gasteiger partial charge on any atom is 0.412 e. The van der Waals surface area contributed by atoms with Gasteiger partial charge >= 0.3 is 6.09 Å². The number of furan rings is 1. The Labute approximate surface area is 152 Å². The number of aliphatic hydroxyl groups excluding tert-OH is 1. The summed E-state index contributed by atoms with van der Waals surface area (Å²) < 4.78 is 10.3. The van der Waals surface area contributed by atoms with Crippen molar-refractivity contribution in [3.8, 4) is 0 Å². The normalized spacial score (nSPS) is 12.3. The van der Waals surface area contributed by atoms with Gasteiger partial charge in [-0.1, -0.05) is 12.1 Å². The van der Waals surface area contributed by atoms with Crippen LogP contribution in [-0.2, 0) is 16.0 Å². The van der Waals surface area contributed by atoms with Crippen LogP contribution in [0.25, 0.3) is 0 Å². The maximum atomic E-state index is 12.0. The molecule has 0 saturated carbocycles. The lowest BCUT2D eigenvalue weighted by Gasteiger charge is -2.19. The molecule has 2 aromatic rings. The SMILES string of the molecule is CC(C)(C)OC(=O)Nc1ccc(CC(=O)NCC(O)c2ccco2)cc1. The van der Waals surface area contributed by atoms with Crippen LogP contribution >= 0.6 is 0 Å². The third-order valence-corrected chi connectivity index (χ3v) is 3.33. The van der Waals surface area contributed by atoms with E-state index >= 15 is 0 Å². The number of carbonyl (C=O) groups excluding carboxylic acids is 2. The molecule has 0 aliphatic heterocycles. The molecule has 0 radical (unpaired) electrons. The molecule has 7 nitrogen and oxygen atoms in total. The minimum absolute atomic E-state index is 0.0740. The van der Waals surface area contributed by atoms with Crippen LogP contribution in [0.3, 0.4) is 0 Å². The van der Waals surface area contributed by atoms with E-state index in [1.165, 1.54) is 6.26 Å². The zero-order valence-corrected chi connectivity index (χ0v) is 15.1. The first-order valence-electron chi connectivity index (χ1n) is 8.30. The minimum atomic E-state index is -0.880. The summed E-state index contributed by atoms with van der Waals surface area (Å²) >= 11 is 0. The van der Waals surface area contributed by atoms with Crippen molar-refractivity contribution in [2.75, 3.05) is 11.9 Å². The van der Waals surface area contributed by atoms with Gasteiger partial charge in [0.1, 0.15) is 17.5 Å². The summed E-state index contributed by atoms with van der Waals surface area (Å²) in [5, 5.41) is 15.1. The molecule has 140 valence electrons. The Bertz CT molecular complexity index is 717. The number of benzene rings is 1. The Kier molecular flexibility index (Phi) is 6.41. The van der Waals surface area contributed by atoms with E-state index in [1.54, 1.807) is 57.2 Å². The number of hydrogen-bond acceptors (Lipinski definition) is 5. The Balaban J connectivity index is 1.79. The molecule has 0 fully saturated rings. The third-order valence-electron chi connectivity index (χ3n) is 3.33. The zero-order valence-electron chi connectivity index (χ0n) is 15.1. The summed E-state index contributed by atoms with van der Waals surface area (Å²) in [5.74, 6) is 0.186. The van der Waals surface area contributed by atoms with E-state index in [0.29, 0.717) is 11.4 Å². The molecule has 1 aromatic carbocycles. The van der Waals surface area contributed by atoms with Crippen molar-refractivity contribution in [2.45, 2.75) is 38.9 Å². The summed E-state index contributed by atoms with van der Waals surface area (Å²) in [6.07, 6.45) is 0.217. The molecule has 0 saturated heterocycles. The molecule has 26 heavy (non-hydrogen) atoms. The Morgan fingerprint density at radius 1 is 1.19 bits per heavy atom. The molecule has 2 rings (SSSR count). The molecule has 2 amide bonds. The fraction of sp³-hybridized carbons (Fsp3) is 0.368. The fourth-order valence-electron chi connectivity index (χ4n) is 2.17. The number of nitrogens with one attached hydrogen (secondary N) is 2. The molecular formula is C19H24N2O5. The van der Waals surface area contributed by atoms with Gasteiger partial charge in [0.05, 0.1) is 19.2 Å². The van der Waals surface area contributed by atoms with Gasteiger partial charge in [-0.15, -0.1) is 0 Å². The highest BCUT2D eigenvalue weighted by Crippen LogP contribution is 2.14. The van der Waals surface area contributed by atoms with E-state index in [-0.39, 0.29) is 18.9 Å². The summed E-state index contributed by atoms with van der Waals surface area (Å²) in [7, 11) is 0. The van der Waals surface area contributed by atoms with Gasteiger partial charge in [-0.3, -0.25) is 10.1 Å². The van der Waals surface area contributed by atoms with Crippen LogP contribution in [0.2, 0.25) is 0 Å². The first-order valence-corrected chi connectivity index (χ1v) is 8.30. The summed E-state index contributed by atoms with van der Waals surface area (Å²) in [6, 6.07) is 10.2. The van der Waals surface area contributed by atoms with Crippen molar-refractivity contribution in [2.24, 2.45) is 0 Å². The number of rotatable bonds is 6. The highest BCUT2D eigenvalue weighted by atomic mass is 16.6. The molecule has 1 heterocycles. The topological polar surface area (TPSA) is 101 Å². The van der Waals surface area contributed by atoms with Crippen molar-refractivity contribution in [3.05, 3.63) is 54.0 Å². The van der Waals surface area contributed by atoms with Crippen LogP contribution in [0.5, 0.6) is 0 Å². The van der Waals surface area contributed by atoms with E-state index in [9.17, 15) is 14.7 Å². The van der Waals surface area contributed by atoms with Gasteiger partial charge in [-0.25, -0.2) is 4.79 Å². The molecule has 7 heteroatoms. The van der Waals surface area contributed by atoms with Gasteiger partial charge in [-0.05, 0) is 50.6 Å². The summed E-state index contributed by atoms with van der Waals surface area (Å²) in [5.41, 5.74) is 0.795. The second-order valence-corrected chi connectivity index (χ2v) is 6.84. The van der Waals surface area contributed by atoms with Gasteiger partial charge in [-0.2, -0.15) is 0 Å². The molecule has 0 aliphatic carbocycles. The molecular weight excluding hydrogens is 336 g/mol. The lowest BCUT2D eigenvalue weighted by atomic mass is 10.1. The van der Waals surface area contributed by atoms with Gasteiger partial charge in [0.25, 0.3) is 0 Å². The maximum absolute atomic E-state index is 12.0. The molecule has 3 N–H and O–H groups in total. The van der Waals surface area contributed by atoms with Gasteiger partial charge < -0.3 is 19.6 Å². The first-order chi connectivity index (χ1) is 12.2. The van der Waals surface area contributed by atoms with Crippen LogP contribution in [0.1, 0.15) is 38.2 Å². The number of amides is 2. The summed E-state index contributed by atoms with van der Waals surface area (Å²) in [4.78, 5) is 23.7. The first kappa shape index (κ1) is 19.5. The highest BCUT2D eigenvalue weighted by Gasteiger charge is 2.16. The fourth-order valence-corrected chi connectivity index (χ4v) is 2.17. The lowest BCUT2D eigenvalue weighted by molar-refractivity contribution is -0.120. The van der Waals surface area contributed by atoms with E-state index in [0.717, 1.165) is 5.56 Å². The van der Waals surface area contributed by atoms with E-state index in [4.69, 9.17) is 9.15 Å². The number of aliphatic hydroxyl groups is 1. The number of anilines is 1. The Morgan fingerprint density at radius 3 is 2.46 bits per heavy atom. The lowest BCUT2D eigenvalue weighted by Crippen LogP contribution is -2.29. The van der Waals surface area contributed by atoms with E-state index in [2.05, 4.69) is 10.6 Å². The van der Waals surface area contributed by atoms with Crippen molar-refractivity contribution < 1.29 is 23.8 Å². The Morgan fingerprint density at radius 2 is 1.88 bits per heavy atom. The minimum Gasteiger partial charge on any atom is -0.467 e. The highest BCUT2D eigenvalue weighted by molar-refractivity contribution is 5.85. The van der Waals surface area contributed by atoms with E-state index in [1.807, 2.05) is 0 Å². The smallest absolute Gasteiger partial charge is 0.412 e. The second kappa shape index (κ2) is 8.53.